The van der Waals surface area contributed by atoms with Crippen LogP contribution in [-0.2, 0) is 6.54 Å². The van der Waals surface area contributed by atoms with Crippen molar-refractivity contribution in [1.29, 1.82) is 0 Å². The maximum absolute atomic E-state index is 9.18. The highest BCUT2D eigenvalue weighted by Gasteiger charge is 2.23. The van der Waals surface area contributed by atoms with Crippen molar-refractivity contribution in [2.24, 2.45) is 0 Å². The summed E-state index contributed by atoms with van der Waals surface area (Å²) < 4.78 is 0. The van der Waals surface area contributed by atoms with E-state index in [1.165, 1.54) is 17.7 Å². The number of hydrogen-bond acceptors (Lipinski definition) is 5. The van der Waals surface area contributed by atoms with Gasteiger partial charge in [-0.2, -0.15) is 0 Å². The maximum atomic E-state index is 9.18. The molecule has 2 heterocycles. The van der Waals surface area contributed by atoms with Gasteiger partial charge in [-0.15, -0.1) is 11.3 Å². The summed E-state index contributed by atoms with van der Waals surface area (Å²) in [5, 5.41) is 9.18. The van der Waals surface area contributed by atoms with Crippen LogP contribution in [0.2, 0.25) is 0 Å². The third-order valence-corrected chi connectivity index (χ3v) is 4.20. The first-order valence-electron chi connectivity index (χ1n) is 6.20. The number of rotatable bonds is 5. The molecule has 0 saturated carbocycles. The molecule has 0 unspecified atom stereocenters. The van der Waals surface area contributed by atoms with Gasteiger partial charge in [-0.25, -0.2) is 0 Å². The van der Waals surface area contributed by atoms with Gasteiger partial charge in [0.1, 0.15) is 0 Å². The zero-order valence-corrected chi connectivity index (χ0v) is 11.2. The number of hydrogen-bond donors (Lipinski definition) is 1. The predicted octanol–water partition coefficient (Wildman–Crippen LogP) is 1.03. The number of thiazole rings is 1. The lowest BCUT2D eigenvalue weighted by Gasteiger charge is -2.36. The Morgan fingerprint density at radius 3 is 2.88 bits per heavy atom. The fraction of sp³-hybridized carbons (Fsp3) is 0.750. The van der Waals surface area contributed by atoms with Gasteiger partial charge in [-0.1, -0.05) is 0 Å². The van der Waals surface area contributed by atoms with Crippen LogP contribution in [0, 0.1) is 0 Å². The Balaban J connectivity index is 1.92. The number of aliphatic hydroxyl groups is 1. The summed E-state index contributed by atoms with van der Waals surface area (Å²) in [5.41, 5.74) is 1.88. The van der Waals surface area contributed by atoms with Crippen molar-refractivity contribution in [3.63, 3.8) is 0 Å². The predicted molar refractivity (Wildman–Crippen MR) is 70.1 cm³/mol. The highest BCUT2D eigenvalue weighted by molar-refractivity contribution is 7.09. The van der Waals surface area contributed by atoms with Gasteiger partial charge in [0.05, 0.1) is 12.1 Å². The van der Waals surface area contributed by atoms with E-state index in [0.29, 0.717) is 6.04 Å². The van der Waals surface area contributed by atoms with Gasteiger partial charge in [0.2, 0.25) is 0 Å². The summed E-state index contributed by atoms with van der Waals surface area (Å²) in [5.74, 6) is 0. The Morgan fingerprint density at radius 2 is 2.29 bits per heavy atom. The van der Waals surface area contributed by atoms with Crippen molar-refractivity contribution < 1.29 is 5.11 Å². The van der Waals surface area contributed by atoms with Crippen LogP contribution in [0.15, 0.2) is 11.7 Å². The minimum Gasteiger partial charge on any atom is -0.395 e. The summed E-state index contributed by atoms with van der Waals surface area (Å²) in [6.45, 7) is 4.27. The molecule has 0 amide bonds. The topological polar surface area (TPSA) is 39.6 Å². The van der Waals surface area contributed by atoms with Crippen LogP contribution >= 0.6 is 11.3 Å². The lowest BCUT2D eigenvalue weighted by Crippen LogP contribution is -2.44. The van der Waals surface area contributed by atoms with Gasteiger partial charge in [0.25, 0.3) is 0 Å². The van der Waals surface area contributed by atoms with Crippen molar-refractivity contribution >= 4 is 11.3 Å². The van der Waals surface area contributed by atoms with E-state index in [1.54, 1.807) is 11.3 Å². The minimum absolute atomic E-state index is 0.241. The first kappa shape index (κ1) is 13.0. The summed E-state index contributed by atoms with van der Waals surface area (Å²) in [6, 6.07) is 0.612. The Morgan fingerprint density at radius 1 is 1.53 bits per heavy atom. The molecule has 0 atom stereocenters. The van der Waals surface area contributed by atoms with Crippen LogP contribution in [-0.4, -0.2) is 59.2 Å². The molecule has 17 heavy (non-hydrogen) atoms. The van der Waals surface area contributed by atoms with Gasteiger partial charge in [0.15, 0.2) is 0 Å². The van der Waals surface area contributed by atoms with E-state index in [0.717, 1.165) is 26.2 Å². The Hall–Kier alpha value is -0.490. The molecule has 1 N–H and O–H groups in total. The van der Waals surface area contributed by atoms with E-state index in [2.05, 4.69) is 21.8 Å². The SMILES string of the molecule is CN1CCC(N(CCO)Cc2cncs2)CC1. The Kier molecular flexibility index (Phi) is 4.91. The molecule has 1 fully saturated rings. The molecule has 0 radical (unpaired) electrons. The molecule has 0 spiro atoms. The normalized spacial score (nSPS) is 19.0. The number of likely N-dealkylation sites (tertiary alicyclic amines) is 1. The van der Waals surface area contributed by atoms with E-state index >= 15 is 0 Å². The van der Waals surface area contributed by atoms with Gasteiger partial charge in [0, 0.05) is 30.2 Å². The second-order valence-electron chi connectivity index (χ2n) is 4.70. The van der Waals surface area contributed by atoms with Gasteiger partial charge in [-0.3, -0.25) is 9.88 Å². The fourth-order valence-corrected chi connectivity index (χ4v) is 3.02. The molecular weight excluding hydrogens is 234 g/mol. The molecule has 1 aromatic rings. The van der Waals surface area contributed by atoms with Crippen LogP contribution < -0.4 is 0 Å². The van der Waals surface area contributed by atoms with Crippen molar-refractivity contribution in [3.05, 3.63) is 16.6 Å². The van der Waals surface area contributed by atoms with Crippen LogP contribution in [0.3, 0.4) is 0 Å². The van der Waals surface area contributed by atoms with Gasteiger partial charge < -0.3 is 10.0 Å². The van der Waals surface area contributed by atoms with Crippen molar-refractivity contribution in [2.45, 2.75) is 25.4 Å². The molecule has 1 aliphatic rings. The standard InChI is InChI=1S/C12H21N3OS/c1-14-4-2-11(3-5-14)15(6-7-16)9-12-8-13-10-17-12/h8,10-11,16H,2-7,9H2,1H3. The van der Waals surface area contributed by atoms with Crippen molar-refractivity contribution in [1.82, 2.24) is 14.8 Å². The molecule has 5 heteroatoms. The molecule has 1 aliphatic heterocycles. The highest BCUT2D eigenvalue weighted by atomic mass is 32.1. The quantitative estimate of drug-likeness (QED) is 0.853. The molecule has 4 nitrogen and oxygen atoms in total. The lowest BCUT2D eigenvalue weighted by molar-refractivity contribution is 0.0949. The van der Waals surface area contributed by atoms with E-state index in [4.69, 9.17) is 0 Å². The first-order valence-corrected chi connectivity index (χ1v) is 7.08. The fourth-order valence-electron chi connectivity index (χ4n) is 2.40. The lowest BCUT2D eigenvalue weighted by atomic mass is 10.0. The second-order valence-corrected chi connectivity index (χ2v) is 5.67. The maximum Gasteiger partial charge on any atom is 0.0794 e. The highest BCUT2D eigenvalue weighted by Crippen LogP contribution is 2.19. The third-order valence-electron chi connectivity index (χ3n) is 3.43. The van der Waals surface area contributed by atoms with E-state index in [-0.39, 0.29) is 6.61 Å². The smallest absolute Gasteiger partial charge is 0.0794 e. The van der Waals surface area contributed by atoms with Crippen molar-refractivity contribution in [3.8, 4) is 0 Å². The van der Waals surface area contributed by atoms with Crippen LogP contribution in [0.25, 0.3) is 0 Å². The van der Waals surface area contributed by atoms with Crippen molar-refractivity contribution in [2.75, 3.05) is 33.3 Å². The number of aromatic nitrogens is 1. The molecule has 0 aromatic carbocycles. The molecule has 0 bridgehead atoms. The van der Waals surface area contributed by atoms with Crippen LogP contribution in [0.5, 0.6) is 0 Å². The average Bonchev–Trinajstić information content (AvgIpc) is 2.82. The number of nitrogens with zero attached hydrogens (tertiary/aromatic N) is 3. The zero-order valence-electron chi connectivity index (χ0n) is 10.4. The summed E-state index contributed by atoms with van der Waals surface area (Å²) in [6.07, 6.45) is 4.34. The average molecular weight is 255 g/mol. The molecule has 0 aliphatic carbocycles. The van der Waals surface area contributed by atoms with E-state index < -0.39 is 0 Å². The molecule has 1 aromatic heterocycles. The van der Waals surface area contributed by atoms with E-state index in [9.17, 15) is 5.11 Å². The number of aliphatic hydroxyl groups excluding tert-OH is 1. The van der Waals surface area contributed by atoms with E-state index in [1.807, 2.05) is 11.7 Å². The molecular formula is C12H21N3OS. The van der Waals surface area contributed by atoms with Crippen LogP contribution in [0.1, 0.15) is 17.7 Å². The summed E-state index contributed by atoms with van der Waals surface area (Å²) in [4.78, 5) is 10.2. The molecule has 2 rings (SSSR count). The summed E-state index contributed by atoms with van der Waals surface area (Å²) >= 11 is 1.70. The minimum atomic E-state index is 0.241. The van der Waals surface area contributed by atoms with Gasteiger partial charge >= 0.3 is 0 Å². The Bertz CT molecular complexity index is 310. The Labute approximate surface area is 107 Å². The summed E-state index contributed by atoms with van der Waals surface area (Å²) in [7, 11) is 2.18. The second kappa shape index (κ2) is 6.44. The van der Waals surface area contributed by atoms with Crippen LogP contribution in [0.4, 0.5) is 0 Å². The molecule has 1 saturated heterocycles. The van der Waals surface area contributed by atoms with Gasteiger partial charge in [-0.05, 0) is 33.0 Å². The first-order chi connectivity index (χ1) is 8.29. The largest absolute Gasteiger partial charge is 0.395 e. The monoisotopic (exact) mass is 255 g/mol. The molecule has 96 valence electrons. The third kappa shape index (κ3) is 3.74. The zero-order chi connectivity index (χ0) is 12.1. The number of piperidine rings is 1.